The first-order valence-corrected chi connectivity index (χ1v) is 10.2. The summed E-state index contributed by atoms with van der Waals surface area (Å²) in [5.41, 5.74) is 6.89. The van der Waals surface area contributed by atoms with E-state index in [1.807, 2.05) is 25.1 Å². The van der Waals surface area contributed by atoms with Crippen LogP contribution in [0.25, 0.3) is 23.3 Å². The molecule has 0 saturated heterocycles. The van der Waals surface area contributed by atoms with Crippen LogP contribution in [-0.2, 0) is 12.8 Å². The molecule has 5 rings (SSSR count). The molecule has 1 atom stereocenters. The Morgan fingerprint density at radius 3 is 2.68 bits per heavy atom. The summed E-state index contributed by atoms with van der Waals surface area (Å²) in [7, 11) is 0. The molecule has 2 aliphatic carbocycles. The highest BCUT2D eigenvalue weighted by atomic mass is 35.5. The van der Waals surface area contributed by atoms with Gasteiger partial charge in [-0.3, -0.25) is 4.79 Å². The van der Waals surface area contributed by atoms with Crippen molar-refractivity contribution < 1.29 is 4.79 Å². The Bertz CT molecular complexity index is 1240. The summed E-state index contributed by atoms with van der Waals surface area (Å²) >= 11 is 6.44. The molecule has 138 valence electrons. The highest BCUT2D eigenvalue weighted by Gasteiger charge is 2.24. The molecule has 0 saturated carbocycles. The monoisotopic (exact) mass is 384 g/mol. The van der Waals surface area contributed by atoms with Gasteiger partial charge in [0.15, 0.2) is 5.78 Å². The van der Waals surface area contributed by atoms with Crippen LogP contribution in [0.15, 0.2) is 54.6 Å². The van der Waals surface area contributed by atoms with Gasteiger partial charge in [0, 0.05) is 11.5 Å². The van der Waals surface area contributed by atoms with Crippen molar-refractivity contribution >= 4 is 29.5 Å². The maximum atomic E-state index is 13.2. The fraction of sp³-hybridized carbons (Fsp3) is 0.192. The smallest absolute Gasteiger partial charge is 0.171 e. The molecular formula is C26H21ClO. The molecule has 0 aromatic heterocycles. The zero-order valence-electron chi connectivity index (χ0n) is 15.8. The molecule has 0 N–H and O–H groups in total. The largest absolute Gasteiger partial charge is 0.293 e. The van der Waals surface area contributed by atoms with Crippen molar-refractivity contribution in [3.8, 4) is 11.1 Å². The van der Waals surface area contributed by atoms with Crippen molar-refractivity contribution in [2.24, 2.45) is 5.92 Å². The molecule has 28 heavy (non-hydrogen) atoms. The molecule has 2 heteroatoms. The van der Waals surface area contributed by atoms with Gasteiger partial charge in [0.25, 0.3) is 0 Å². The van der Waals surface area contributed by atoms with Gasteiger partial charge >= 0.3 is 0 Å². The summed E-state index contributed by atoms with van der Waals surface area (Å²) in [6.45, 7) is 1.95. The second-order valence-corrected chi connectivity index (χ2v) is 8.16. The van der Waals surface area contributed by atoms with Gasteiger partial charge in [-0.15, -0.1) is 0 Å². The number of Topliss-reactive ketones (excluding diaryl/α,β-unsaturated/α-hetero) is 1. The molecule has 1 unspecified atom stereocenters. The summed E-state index contributed by atoms with van der Waals surface area (Å²) in [6, 6.07) is 18.8. The van der Waals surface area contributed by atoms with Crippen LogP contribution < -0.4 is 10.4 Å². The lowest BCUT2D eigenvalue weighted by atomic mass is 9.82. The summed E-state index contributed by atoms with van der Waals surface area (Å²) in [5, 5.41) is 3.10. The predicted octanol–water partition coefficient (Wildman–Crippen LogP) is 4.88. The first kappa shape index (κ1) is 17.5. The first-order valence-electron chi connectivity index (χ1n) is 9.85. The van der Waals surface area contributed by atoms with Gasteiger partial charge in [-0.2, -0.15) is 0 Å². The van der Waals surface area contributed by atoms with E-state index in [4.69, 9.17) is 11.6 Å². The van der Waals surface area contributed by atoms with E-state index in [-0.39, 0.29) is 11.7 Å². The lowest BCUT2D eigenvalue weighted by Crippen LogP contribution is -2.37. The number of hydrogen-bond acceptors (Lipinski definition) is 1. The number of rotatable bonds is 2. The highest BCUT2D eigenvalue weighted by molar-refractivity contribution is 6.35. The normalized spacial score (nSPS) is 16.9. The number of carbonyl (C=O) groups excluding carboxylic acids is 1. The van der Waals surface area contributed by atoms with E-state index in [1.165, 1.54) is 32.7 Å². The molecule has 0 radical (unpaired) electrons. The van der Waals surface area contributed by atoms with E-state index >= 15 is 0 Å². The Hall–Kier alpha value is -2.64. The topological polar surface area (TPSA) is 17.1 Å². The maximum Gasteiger partial charge on any atom is 0.171 e. The van der Waals surface area contributed by atoms with Gasteiger partial charge in [-0.1, -0.05) is 72.3 Å². The van der Waals surface area contributed by atoms with Crippen molar-refractivity contribution in [2.45, 2.75) is 26.2 Å². The molecule has 0 bridgehead atoms. The molecule has 0 spiro atoms. The van der Waals surface area contributed by atoms with E-state index in [1.54, 1.807) is 0 Å². The SMILES string of the molecule is Cc1cccc(C(=O)C2C=c3c(ccc4c3=CCc3ccccc3-4)CC2)c1Cl. The number of fused-ring (bicyclic) bond motifs is 5. The van der Waals surface area contributed by atoms with Crippen LogP contribution in [0.3, 0.4) is 0 Å². The fourth-order valence-electron chi connectivity index (χ4n) is 4.56. The average molecular weight is 385 g/mol. The maximum absolute atomic E-state index is 13.2. The Labute approximate surface area is 170 Å². The van der Waals surface area contributed by atoms with Gasteiger partial charge in [-0.05, 0) is 70.5 Å². The number of halogens is 1. The van der Waals surface area contributed by atoms with Crippen LogP contribution in [0, 0.1) is 12.8 Å². The number of aryl methyl sites for hydroxylation is 2. The predicted molar refractivity (Wildman–Crippen MR) is 116 cm³/mol. The Morgan fingerprint density at radius 2 is 1.79 bits per heavy atom. The van der Waals surface area contributed by atoms with Crippen molar-refractivity contribution in [3.63, 3.8) is 0 Å². The molecule has 2 aliphatic rings. The zero-order chi connectivity index (χ0) is 19.3. The first-order chi connectivity index (χ1) is 13.6. The summed E-state index contributed by atoms with van der Waals surface area (Å²) in [4.78, 5) is 13.2. The van der Waals surface area contributed by atoms with E-state index in [0.717, 1.165) is 24.8 Å². The number of carbonyl (C=O) groups is 1. The molecule has 0 fully saturated rings. The molecule has 3 aromatic rings. The third-order valence-electron chi connectivity index (χ3n) is 6.10. The van der Waals surface area contributed by atoms with Crippen LogP contribution in [-0.4, -0.2) is 5.78 Å². The third kappa shape index (κ3) is 2.73. The van der Waals surface area contributed by atoms with Crippen molar-refractivity contribution in [1.82, 2.24) is 0 Å². The minimum atomic E-state index is -0.121. The van der Waals surface area contributed by atoms with E-state index in [2.05, 4.69) is 48.6 Å². The summed E-state index contributed by atoms with van der Waals surface area (Å²) in [6.07, 6.45) is 7.21. The summed E-state index contributed by atoms with van der Waals surface area (Å²) < 4.78 is 0. The standard InChI is InChI=1S/C26H21ClO/c1-16-5-4-8-23(25(16)27)26(28)19-10-9-18-12-13-21-20-7-3-2-6-17(20)11-14-22(21)24(18)15-19/h2-8,12-15,19H,9-11H2,1H3. The van der Waals surface area contributed by atoms with Gasteiger partial charge in [0.05, 0.1) is 5.02 Å². The van der Waals surface area contributed by atoms with Crippen LogP contribution in [0.1, 0.15) is 33.5 Å². The Balaban J connectivity index is 1.64. The quantitative estimate of drug-likeness (QED) is 0.575. The third-order valence-corrected chi connectivity index (χ3v) is 6.60. The number of hydrogen-bond donors (Lipinski definition) is 0. The minimum Gasteiger partial charge on any atom is -0.293 e. The lowest BCUT2D eigenvalue weighted by molar-refractivity contribution is 0.0947. The van der Waals surface area contributed by atoms with E-state index < -0.39 is 0 Å². The molecule has 3 aromatic carbocycles. The number of ketones is 1. The van der Waals surface area contributed by atoms with E-state index in [9.17, 15) is 4.79 Å². The highest BCUT2D eigenvalue weighted by Crippen LogP contribution is 2.28. The van der Waals surface area contributed by atoms with Crippen LogP contribution in [0.2, 0.25) is 5.02 Å². The van der Waals surface area contributed by atoms with Crippen molar-refractivity contribution in [3.05, 3.63) is 92.3 Å². The van der Waals surface area contributed by atoms with Crippen molar-refractivity contribution in [2.75, 3.05) is 0 Å². The molecule has 0 amide bonds. The van der Waals surface area contributed by atoms with Gasteiger partial charge in [-0.25, -0.2) is 0 Å². The lowest BCUT2D eigenvalue weighted by Gasteiger charge is -2.22. The molecule has 1 nitrogen and oxygen atoms in total. The average Bonchev–Trinajstić information content (AvgIpc) is 2.74. The second kappa shape index (κ2) is 6.76. The number of benzene rings is 3. The van der Waals surface area contributed by atoms with E-state index in [0.29, 0.717) is 10.6 Å². The van der Waals surface area contributed by atoms with Gasteiger partial charge < -0.3 is 0 Å². The molecule has 0 aliphatic heterocycles. The van der Waals surface area contributed by atoms with Crippen LogP contribution in [0.4, 0.5) is 0 Å². The Morgan fingerprint density at radius 1 is 0.929 bits per heavy atom. The van der Waals surface area contributed by atoms with Crippen molar-refractivity contribution in [1.29, 1.82) is 0 Å². The van der Waals surface area contributed by atoms with Crippen LogP contribution in [0.5, 0.6) is 0 Å². The van der Waals surface area contributed by atoms with Gasteiger partial charge in [0.1, 0.15) is 0 Å². The Kier molecular flexibility index (Phi) is 4.21. The van der Waals surface area contributed by atoms with Crippen LogP contribution >= 0.6 is 11.6 Å². The second-order valence-electron chi connectivity index (χ2n) is 7.78. The molecule has 0 heterocycles. The zero-order valence-corrected chi connectivity index (χ0v) is 16.6. The fourth-order valence-corrected chi connectivity index (χ4v) is 4.78. The molecular weight excluding hydrogens is 364 g/mol. The summed E-state index contributed by atoms with van der Waals surface area (Å²) in [5.74, 6) is 0.0111. The minimum absolute atomic E-state index is 0.121. The van der Waals surface area contributed by atoms with Gasteiger partial charge in [0.2, 0.25) is 0 Å².